The smallest absolute Gasteiger partial charge is 0.250 e. The first-order valence-electron chi connectivity index (χ1n) is 11.8. The van der Waals surface area contributed by atoms with E-state index in [1.807, 2.05) is 37.4 Å². The number of carbonyl (C=O) groups is 1. The standard InChI is InChI=1S/C25H34F2N4OS/c1-4-6-10-20-19(9-7-13-28-20)18(3)24(32)30-16-21(22-17-29-23(33-22)8-5-2)31-14-11-25(26,27)12-15-31/h6-7,9-10,13,17-18,21H,4-5,8,11-12,14-16H2,1-3H3,(H,30,32)/b10-6-. The summed E-state index contributed by atoms with van der Waals surface area (Å²) in [5.74, 6) is -3.08. The first-order chi connectivity index (χ1) is 15.8. The molecule has 1 amide bonds. The van der Waals surface area contributed by atoms with E-state index in [1.54, 1.807) is 17.5 Å². The fourth-order valence-corrected chi connectivity index (χ4v) is 5.19. The number of hydrogen-bond donors (Lipinski definition) is 1. The van der Waals surface area contributed by atoms with Gasteiger partial charge in [0.25, 0.3) is 5.92 Å². The van der Waals surface area contributed by atoms with Gasteiger partial charge in [0.15, 0.2) is 0 Å². The molecule has 3 heterocycles. The Labute approximate surface area is 199 Å². The fraction of sp³-hybridized carbons (Fsp3) is 0.560. The van der Waals surface area contributed by atoms with Gasteiger partial charge in [-0.05, 0) is 43.9 Å². The molecule has 180 valence electrons. The zero-order chi connectivity index (χ0) is 23.8. The summed E-state index contributed by atoms with van der Waals surface area (Å²) in [5, 5.41) is 4.12. The Morgan fingerprint density at radius 1 is 1.30 bits per heavy atom. The number of aromatic nitrogens is 2. The van der Waals surface area contributed by atoms with Gasteiger partial charge in [0.1, 0.15) is 0 Å². The van der Waals surface area contributed by atoms with Crippen LogP contribution in [0.5, 0.6) is 0 Å². The molecule has 1 aliphatic heterocycles. The second kappa shape index (κ2) is 11.8. The first kappa shape index (κ1) is 25.4. The molecule has 1 fully saturated rings. The lowest BCUT2D eigenvalue weighted by molar-refractivity contribution is -0.122. The van der Waals surface area contributed by atoms with E-state index in [-0.39, 0.29) is 30.7 Å². The molecular weight excluding hydrogens is 442 g/mol. The van der Waals surface area contributed by atoms with Crippen LogP contribution in [0, 0.1) is 0 Å². The van der Waals surface area contributed by atoms with Crippen molar-refractivity contribution in [3.63, 3.8) is 0 Å². The van der Waals surface area contributed by atoms with Crippen LogP contribution in [0.2, 0.25) is 0 Å². The maximum absolute atomic E-state index is 13.8. The number of aryl methyl sites for hydroxylation is 1. The highest BCUT2D eigenvalue weighted by Gasteiger charge is 2.37. The number of allylic oxidation sites excluding steroid dienone is 1. The minimum Gasteiger partial charge on any atom is -0.354 e. The van der Waals surface area contributed by atoms with E-state index in [9.17, 15) is 13.6 Å². The number of carbonyl (C=O) groups excluding carboxylic acids is 1. The van der Waals surface area contributed by atoms with Crippen LogP contribution in [0.3, 0.4) is 0 Å². The summed E-state index contributed by atoms with van der Waals surface area (Å²) < 4.78 is 27.5. The van der Waals surface area contributed by atoms with Gasteiger partial charge >= 0.3 is 0 Å². The van der Waals surface area contributed by atoms with Gasteiger partial charge in [0.2, 0.25) is 5.91 Å². The zero-order valence-corrected chi connectivity index (χ0v) is 20.5. The molecule has 0 radical (unpaired) electrons. The number of thiazole rings is 1. The van der Waals surface area contributed by atoms with Crippen molar-refractivity contribution in [1.29, 1.82) is 0 Å². The lowest BCUT2D eigenvalue weighted by Crippen LogP contribution is -2.45. The molecule has 1 saturated heterocycles. The molecule has 0 spiro atoms. The van der Waals surface area contributed by atoms with Crippen LogP contribution in [0.1, 0.15) is 79.6 Å². The monoisotopic (exact) mass is 476 g/mol. The Bertz CT molecular complexity index is 936. The van der Waals surface area contributed by atoms with Gasteiger partial charge < -0.3 is 5.32 Å². The van der Waals surface area contributed by atoms with E-state index in [4.69, 9.17) is 0 Å². The number of likely N-dealkylation sites (tertiary alicyclic amines) is 1. The summed E-state index contributed by atoms with van der Waals surface area (Å²) in [7, 11) is 0. The van der Waals surface area contributed by atoms with Crippen molar-refractivity contribution < 1.29 is 13.6 Å². The van der Waals surface area contributed by atoms with Crippen LogP contribution < -0.4 is 5.32 Å². The average molecular weight is 477 g/mol. The average Bonchev–Trinajstić information content (AvgIpc) is 3.26. The van der Waals surface area contributed by atoms with Crippen molar-refractivity contribution in [2.24, 2.45) is 0 Å². The molecule has 0 saturated carbocycles. The molecule has 2 atom stereocenters. The third-order valence-corrected chi connectivity index (χ3v) is 7.20. The van der Waals surface area contributed by atoms with E-state index in [2.05, 4.69) is 34.0 Å². The molecular formula is C25H34F2N4OS. The highest BCUT2D eigenvalue weighted by molar-refractivity contribution is 7.11. The Morgan fingerprint density at radius 2 is 2.06 bits per heavy atom. The van der Waals surface area contributed by atoms with Crippen LogP contribution >= 0.6 is 11.3 Å². The number of nitrogens with zero attached hydrogens (tertiary/aromatic N) is 3. The fourth-order valence-electron chi connectivity index (χ4n) is 4.04. The topological polar surface area (TPSA) is 58.1 Å². The maximum atomic E-state index is 13.8. The lowest BCUT2D eigenvalue weighted by Gasteiger charge is -2.37. The van der Waals surface area contributed by atoms with Crippen molar-refractivity contribution >= 4 is 23.3 Å². The largest absolute Gasteiger partial charge is 0.354 e. The number of pyridine rings is 1. The highest BCUT2D eigenvalue weighted by atomic mass is 32.1. The number of amides is 1. The summed E-state index contributed by atoms with van der Waals surface area (Å²) in [6.07, 6.45) is 10.0. The number of hydrogen-bond acceptors (Lipinski definition) is 5. The Morgan fingerprint density at radius 3 is 2.76 bits per heavy atom. The molecule has 0 aromatic carbocycles. The third kappa shape index (κ3) is 6.90. The van der Waals surface area contributed by atoms with Gasteiger partial charge in [0.05, 0.1) is 22.7 Å². The van der Waals surface area contributed by atoms with Crippen LogP contribution in [0.4, 0.5) is 8.78 Å². The lowest BCUT2D eigenvalue weighted by atomic mass is 9.98. The number of piperidine rings is 1. The van der Waals surface area contributed by atoms with Gasteiger partial charge in [-0.1, -0.05) is 26.0 Å². The minimum atomic E-state index is -2.61. The third-order valence-electron chi connectivity index (χ3n) is 6.05. The van der Waals surface area contributed by atoms with E-state index in [0.717, 1.165) is 40.4 Å². The molecule has 2 aromatic heterocycles. The minimum absolute atomic E-state index is 0.0974. The number of rotatable bonds is 10. The van der Waals surface area contributed by atoms with Crippen LogP contribution in [-0.4, -0.2) is 46.3 Å². The number of alkyl halides is 2. The van der Waals surface area contributed by atoms with Gasteiger partial charge in [-0.2, -0.15) is 0 Å². The molecule has 2 aromatic rings. The van der Waals surface area contributed by atoms with Crippen molar-refractivity contribution in [3.05, 3.63) is 51.7 Å². The van der Waals surface area contributed by atoms with Gasteiger partial charge in [-0.15, -0.1) is 11.3 Å². The molecule has 0 aliphatic carbocycles. The van der Waals surface area contributed by atoms with E-state index < -0.39 is 5.92 Å². The quantitative estimate of drug-likeness (QED) is 0.485. The number of halogens is 2. The highest BCUT2D eigenvalue weighted by Crippen LogP contribution is 2.34. The van der Waals surface area contributed by atoms with Crippen molar-refractivity contribution in [3.8, 4) is 0 Å². The molecule has 1 N–H and O–H groups in total. The van der Waals surface area contributed by atoms with Crippen molar-refractivity contribution in [2.75, 3.05) is 19.6 Å². The molecule has 3 rings (SSSR count). The van der Waals surface area contributed by atoms with Crippen LogP contribution in [0.25, 0.3) is 6.08 Å². The Hall–Kier alpha value is -2.19. The molecule has 2 unspecified atom stereocenters. The molecule has 33 heavy (non-hydrogen) atoms. The normalized spacial score (nSPS) is 18.3. The summed E-state index contributed by atoms with van der Waals surface area (Å²) in [6.45, 7) is 7.00. The van der Waals surface area contributed by atoms with Gasteiger partial charge in [-0.3, -0.25) is 14.7 Å². The Kier molecular flexibility index (Phi) is 9.09. The maximum Gasteiger partial charge on any atom is 0.250 e. The van der Waals surface area contributed by atoms with Crippen molar-refractivity contribution in [2.45, 2.75) is 70.8 Å². The van der Waals surface area contributed by atoms with E-state index in [1.165, 1.54) is 0 Å². The summed E-state index contributed by atoms with van der Waals surface area (Å²) in [6, 6.07) is 3.61. The predicted octanol–water partition coefficient (Wildman–Crippen LogP) is 5.61. The molecule has 5 nitrogen and oxygen atoms in total. The predicted molar refractivity (Wildman–Crippen MR) is 130 cm³/mol. The second-order valence-corrected chi connectivity index (χ2v) is 9.72. The van der Waals surface area contributed by atoms with Crippen molar-refractivity contribution in [1.82, 2.24) is 20.2 Å². The molecule has 0 bridgehead atoms. The van der Waals surface area contributed by atoms with Gasteiger partial charge in [-0.25, -0.2) is 13.8 Å². The molecule has 1 aliphatic rings. The van der Waals surface area contributed by atoms with Gasteiger partial charge in [0, 0.05) is 49.7 Å². The summed E-state index contributed by atoms with van der Waals surface area (Å²) >= 11 is 1.62. The van der Waals surface area contributed by atoms with Crippen LogP contribution in [0.15, 0.2) is 30.6 Å². The first-order valence-corrected chi connectivity index (χ1v) is 12.6. The second-order valence-electron chi connectivity index (χ2n) is 8.57. The number of nitrogens with one attached hydrogen (secondary N) is 1. The molecule has 8 heteroatoms. The summed E-state index contributed by atoms with van der Waals surface area (Å²) in [5.41, 5.74) is 1.67. The van der Waals surface area contributed by atoms with E-state index in [0.29, 0.717) is 19.6 Å². The Balaban J connectivity index is 1.73. The zero-order valence-electron chi connectivity index (χ0n) is 19.7. The van der Waals surface area contributed by atoms with Crippen LogP contribution in [-0.2, 0) is 11.2 Å². The SMILES string of the molecule is CC/C=C\c1ncccc1C(C)C(=O)NCC(c1cnc(CCC)s1)N1CCC(F)(F)CC1. The van der Waals surface area contributed by atoms with E-state index >= 15 is 0 Å². The summed E-state index contributed by atoms with van der Waals surface area (Å²) in [4.78, 5) is 25.1.